The Labute approximate surface area is 537 Å². The summed E-state index contributed by atoms with van der Waals surface area (Å²) in [6, 6.07) is 10.4. The Morgan fingerprint density at radius 1 is 0.576 bits per heavy atom. The van der Waals surface area contributed by atoms with Gasteiger partial charge in [-0.3, -0.25) is 33.7 Å². The molecule has 5 aromatic heterocycles. The number of hydrogen-bond donors (Lipinski definition) is 2. The average Bonchev–Trinajstić information content (AvgIpc) is 1.41. The van der Waals surface area contributed by atoms with E-state index in [1.54, 1.807) is 84.5 Å². The first-order valence-corrected chi connectivity index (χ1v) is 33.2. The Morgan fingerprint density at radius 3 is 1.53 bits per heavy atom. The minimum Gasteiger partial charge on any atom is -0.486 e. The van der Waals surface area contributed by atoms with E-state index in [1.807, 2.05) is 20.8 Å². The van der Waals surface area contributed by atoms with Crippen molar-refractivity contribution in [3.8, 4) is 34.1 Å². The van der Waals surface area contributed by atoms with Gasteiger partial charge in [0.1, 0.15) is 83.2 Å². The zero-order valence-electron chi connectivity index (χ0n) is 52.7. The summed E-state index contributed by atoms with van der Waals surface area (Å²) in [7, 11) is 0. The average molecular weight is 1280 g/mol. The van der Waals surface area contributed by atoms with Gasteiger partial charge in [-0.2, -0.15) is 0 Å². The number of pyridine rings is 2. The Balaban J connectivity index is 0.000000162. The fourth-order valence-electron chi connectivity index (χ4n) is 17.7. The van der Waals surface area contributed by atoms with Crippen LogP contribution < -0.4 is 20.7 Å². The SMILES string of the molecule is C[C@]12CC[C@H](OC(=O)C3CC3)[C@](C)(COC(=O)C3CC3)C1CC[C@@]1(C)Oc3cc(-c4cccnc4)oc(=O)c3[C@H](O)C21.C[C@]12CC[C@H](OC(=O)C3CC3)[C@](C)(COC(=O)C3CC3)C1C[C@H](OC(=S)n1ccnc1)[C@@]1(C)Oc3cc(-c4cccnc4)oc(=O)c3[C@H](O)C21. The smallest absolute Gasteiger partial charge is 0.345 e. The van der Waals surface area contributed by atoms with Gasteiger partial charge in [-0.15, -0.1) is 0 Å². The third-order valence-corrected chi connectivity index (χ3v) is 23.4. The number of imidazole rings is 1. The summed E-state index contributed by atoms with van der Waals surface area (Å²) in [5.74, 6) is -1.52. The number of aliphatic hydroxyl groups excluding tert-OH is 2. The molecule has 0 radical (unpaired) electrons. The van der Waals surface area contributed by atoms with Crippen LogP contribution in [0.25, 0.3) is 22.6 Å². The van der Waals surface area contributed by atoms with Crippen LogP contribution in [0.4, 0.5) is 0 Å². The molecule has 0 amide bonds. The van der Waals surface area contributed by atoms with Crippen molar-refractivity contribution >= 4 is 41.3 Å². The van der Waals surface area contributed by atoms with Crippen molar-refractivity contribution in [1.82, 2.24) is 19.5 Å². The van der Waals surface area contributed by atoms with E-state index >= 15 is 0 Å². The molecule has 15 atom stereocenters. The van der Waals surface area contributed by atoms with Crippen LogP contribution >= 0.6 is 12.2 Å². The van der Waals surface area contributed by atoms with Gasteiger partial charge in [0.15, 0.2) is 0 Å². The van der Waals surface area contributed by atoms with Gasteiger partial charge in [0.25, 0.3) is 5.17 Å². The van der Waals surface area contributed by atoms with E-state index in [4.69, 9.17) is 54.2 Å². The highest BCUT2D eigenvalue weighted by Gasteiger charge is 2.72. The Hall–Kier alpha value is -7.30. The number of thiocarbonyl (C=S) groups is 1. The molecule has 0 aromatic carbocycles. The van der Waals surface area contributed by atoms with E-state index in [-0.39, 0.29) is 100 Å². The van der Waals surface area contributed by atoms with Gasteiger partial charge in [0, 0.05) is 83.1 Å². The minimum absolute atomic E-state index is 0.0253. The number of hydrogen-bond acceptors (Lipinski definition) is 21. The predicted octanol–water partition coefficient (Wildman–Crippen LogP) is 10.0. The first kappa shape index (κ1) is 62.2. The zero-order chi connectivity index (χ0) is 64.4. The summed E-state index contributed by atoms with van der Waals surface area (Å²) in [6.07, 6.45) is 17.8. The molecule has 8 fully saturated rings. The lowest BCUT2D eigenvalue weighted by Crippen LogP contribution is -2.71. The highest BCUT2D eigenvalue weighted by atomic mass is 32.1. The van der Waals surface area contributed by atoms with Gasteiger partial charge in [-0.25, -0.2) is 14.6 Å². The summed E-state index contributed by atoms with van der Waals surface area (Å²) in [4.78, 5) is 91.2. The number of rotatable bonds is 13. The molecule has 8 aliphatic carbocycles. The molecule has 15 rings (SSSR count). The highest BCUT2D eigenvalue weighted by Crippen LogP contribution is 2.70. The lowest BCUT2D eigenvalue weighted by Gasteiger charge is -2.66. The quantitative estimate of drug-likeness (QED) is 0.0630. The largest absolute Gasteiger partial charge is 0.486 e. The second kappa shape index (κ2) is 23.0. The van der Waals surface area contributed by atoms with Crippen LogP contribution in [0, 0.1) is 69.0 Å². The number of carbonyl (C=O) groups is 4. The van der Waals surface area contributed by atoms with Crippen LogP contribution in [0.3, 0.4) is 0 Å². The molecule has 7 heterocycles. The Bertz CT molecular complexity index is 3830. The monoisotopic (exact) mass is 1280 g/mol. The van der Waals surface area contributed by atoms with E-state index in [1.165, 1.54) is 0 Å². The van der Waals surface area contributed by atoms with Crippen molar-refractivity contribution in [1.29, 1.82) is 0 Å². The van der Waals surface area contributed by atoms with Crippen molar-refractivity contribution < 1.29 is 71.4 Å². The van der Waals surface area contributed by atoms with Gasteiger partial charge < -0.3 is 52.2 Å². The maximum absolute atomic E-state index is 13.7. The van der Waals surface area contributed by atoms with Crippen LogP contribution in [-0.4, -0.2) is 102 Å². The van der Waals surface area contributed by atoms with Crippen LogP contribution in [0.1, 0.15) is 161 Å². The van der Waals surface area contributed by atoms with Gasteiger partial charge in [0.05, 0.1) is 35.9 Å². The van der Waals surface area contributed by atoms with Crippen LogP contribution in [0.2, 0.25) is 0 Å². The molecule has 488 valence electrons. The third kappa shape index (κ3) is 10.8. The fraction of sp³-hybridized carbons (Fsp3) is 0.600. The number of ether oxygens (including phenoxy) is 7. The summed E-state index contributed by atoms with van der Waals surface area (Å²) in [6.45, 7) is 12.4. The van der Waals surface area contributed by atoms with Gasteiger partial charge >= 0.3 is 35.1 Å². The molecule has 22 heteroatoms. The second-order valence-corrected chi connectivity index (χ2v) is 29.7. The number of aliphatic hydroxyl groups is 2. The Morgan fingerprint density at radius 2 is 1.05 bits per heavy atom. The minimum atomic E-state index is -1.31. The Kier molecular flexibility index (Phi) is 15.6. The molecule has 0 bridgehead atoms. The molecule has 0 spiro atoms. The number of aromatic nitrogens is 4. The van der Waals surface area contributed by atoms with Crippen LogP contribution in [0.5, 0.6) is 11.5 Å². The number of esters is 4. The number of fused-ring (bicyclic) bond motifs is 8. The van der Waals surface area contributed by atoms with Crippen molar-refractivity contribution in [3.63, 3.8) is 0 Å². The van der Waals surface area contributed by atoms with Gasteiger partial charge in [-0.1, -0.05) is 27.7 Å². The zero-order valence-corrected chi connectivity index (χ0v) is 53.6. The van der Waals surface area contributed by atoms with Gasteiger partial charge in [-0.05, 0) is 169 Å². The second-order valence-electron chi connectivity index (χ2n) is 29.4. The predicted molar refractivity (Wildman–Crippen MR) is 331 cm³/mol. The van der Waals surface area contributed by atoms with Crippen LogP contribution in [0.15, 0.2) is 98.3 Å². The molecule has 4 unspecified atom stereocenters. The maximum Gasteiger partial charge on any atom is 0.345 e. The van der Waals surface area contributed by atoms with Crippen molar-refractivity contribution in [2.24, 2.45) is 69.0 Å². The third-order valence-electron chi connectivity index (χ3n) is 23.1. The molecule has 5 aromatic rings. The van der Waals surface area contributed by atoms with E-state index in [0.717, 1.165) is 57.8 Å². The molecule has 0 saturated heterocycles. The maximum atomic E-state index is 13.7. The van der Waals surface area contributed by atoms with Crippen molar-refractivity contribution in [3.05, 3.63) is 112 Å². The number of nitrogens with zero attached hydrogens (tertiary/aromatic N) is 4. The highest BCUT2D eigenvalue weighted by molar-refractivity contribution is 7.80. The lowest BCUT2D eigenvalue weighted by molar-refractivity contribution is -0.265. The summed E-state index contributed by atoms with van der Waals surface area (Å²) in [5.41, 5.74) is -4.62. The fourth-order valence-corrected chi connectivity index (χ4v) is 17.9. The molecule has 10 aliphatic rings. The van der Waals surface area contributed by atoms with Crippen molar-refractivity contribution in [2.75, 3.05) is 13.2 Å². The molecule has 8 saturated carbocycles. The summed E-state index contributed by atoms with van der Waals surface area (Å²) in [5, 5.41) is 24.6. The standard InChI is InChI=1S/C37H41N3O9S.C33H39NO8/c1-35-11-10-26(47-32(43)21-8-9-21)36(2,18-45-31(42)20-6-7-20)25(35)16-27(48-34(50)40-14-13-39-19-40)37(3)30(35)29(41)28-24(49-37)15-23(46-33(28)44)22-5-4-12-38-17-22;1-31-12-11-24(41-29(37)19-8-9-19)32(2,17-39-28(36)18-6-7-18)23(31)10-13-33(3)27(31)26(35)25-22(42-33)15-21(40-30(25)38)20-5-4-14-34-16-20/h4-5,12-15,17,19-21,25-27,29-30,41H,6-11,16,18H2,1-3H3;4-5,14-16,18-19,23-24,26-27,35H,6-13,17H2,1-3H3/t25?,26-,27-,29-,30?,35-,36+,37+;23?,24-,26-,27?,31-,32+,33+/m00/s1. The van der Waals surface area contributed by atoms with E-state index in [0.29, 0.717) is 61.2 Å². The topological polar surface area (TPSA) is 277 Å². The molecule has 2 aliphatic heterocycles. The van der Waals surface area contributed by atoms with E-state index < -0.39 is 86.5 Å². The normalized spacial score (nSPS) is 35.5. The van der Waals surface area contributed by atoms with Crippen LogP contribution in [-0.2, 0) is 42.9 Å². The first-order chi connectivity index (χ1) is 44.0. The van der Waals surface area contributed by atoms with Crippen molar-refractivity contribution in [2.45, 2.75) is 180 Å². The molecular formula is C70H80N4O17S. The molecule has 2 N–H and O–H groups in total. The lowest BCUT2D eigenvalue weighted by atomic mass is 9.42. The van der Waals surface area contributed by atoms with E-state index in [9.17, 15) is 39.0 Å². The molecular weight excluding hydrogens is 1200 g/mol. The molecule has 92 heavy (non-hydrogen) atoms. The van der Waals surface area contributed by atoms with E-state index in [2.05, 4.69) is 35.7 Å². The molecule has 21 nitrogen and oxygen atoms in total. The summed E-state index contributed by atoms with van der Waals surface area (Å²) < 4.78 is 57.6. The number of carbonyl (C=O) groups excluding carboxylic acids is 4. The first-order valence-electron chi connectivity index (χ1n) is 32.8. The van der Waals surface area contributed by atoms with Gasteiger partial charge in [0.2, 0.25) is 0 Å². The summed E-state index contributed by atoms with van der Waals surface area (Å²) >= 11 is 5.75.